The van der Waals surface area contributed by atoms with Gasteiger partial charge in [-0.25, -0.2) is 14.8 Å². The number of nitrogens with zero attached hydrogens (tertiary/aromatic N) is 4. The number of urea groups is 1. The largest absolute Gasteiger partial charge is 0.497 e. The van der Waals surface area contributed by atoms with E-state index >= 15 is 0 Å². The van der Waals surface area contributed by atoms with Crippen LogP contribution in [0.3, 0.4) is 0 Å². The average molecular weight is 570 g/mol. The van der Waals surface area contributed by atoms with Crippen LogP contribution < -0.4 is 10.1 Å². The fraction of sp³-hybridized carbons (Fsp3) is 0.364. The van der Waals surface area contributed by atoms with Crippen LogP contribution >= 0.6 is 0 Å². The molecule has 3 aromatic carbocycles. The first-order chi connectivity index (χ1) is 20.3. The summed E-state index contributed by atoms with van der Waals surface area (Å²) >= 11 is 0. The smallest absolute Gasteiger partial charge is 0.334 e. The van der Waals surface area contributed by atoms with Crippen molar-refractivity contribution < 1.29 is 19.1 Å². The highest BCUT2D eigenvalue weighted by atomic mass is 16.5. The van der Waals surface area contributed by atoms with Gasteiger partial charge < -0.3 is 19.9 Å². The molecule has 2 fully saturated rings. The van der Waals surface area contributed by atoms with Crippen molar-refractivity contribution in [1.29, 1.82) is 0 Å². The molecule has 0 aliphatic carbocycles. The Morgan fingerprint density at radius 3 is 2.07 bits per heavy atom. The molecule has 0 aromatic heterocycles. The highest BCUT2D eigenvalue weighted by molar-refractivity contribution is 5.91. The summed E-state index contributed by atoms with van der Waals surface area (Å²) in [7, 11) is 3.35. The van der Waals surface area contributed by atoms with Gasteiger partial charge in [-0.15, -0.1) is 0 Å². The van der Waals surface area contributed by atoms with E-state index in [-0.39, 0.29) is 42.8 Å². The van der Waals surface area contributed by atoms with Gasteiger partial charge in [0, 0.05) is 26.1 Å². The molecule has 2 atom stereocenters. The maximum absolute atomic E-state index is 14.1. The van der Waals surface area contributed by atoms with E-state index in [1.165, 1.54) is 0 Å². The molecule has 2 saturated heterocycles. The molecule has 0 radical (unpaired) electrons. The summed E-state index contributed by atoms with van der Waals surface area (Å²) in [6.45, 7) is 4.88. The number of nitrogens with one attached hydrogen (secondary N) is 1. The molecule has 42 heavy (non-hydrogen) atoms. The van der Waals surface area contributed by atoms with Gasteiger partial charge in [0.1, 0.15) is 18.0 Å². The molecule has 3 aromatic rings. The Morgan fingerprint density at radius 2 is 1.52 bits per heavy atom. The second-order valence-electron chi connectivity index (χ2n) is 11.3. The summed E-state index contributed by atoms with van der Waals surface area (Å²) in [6.07, 6.45) is -0.635. The minimum atomic E-state index is -0.672. The lowest BCUT2D eigenvalue weighted by molar-refractivity contribution is -0.190. The zero-order valence-electron chi connectivity index (χ0n) is 24.6. The fourth-order valence-electron chi connectivity index (χ4n) is 6.02. The average Bonchev–Trinajstić information content (AvgIpc) is 3.00. The van der Waals surface area contributed by atoms with Crippen LogP contribution in [0.25, 0.3) is 0 Å². The monoisotopic (exact) mass is 569 g/mol. The van der Waals surface area contributed by atoms with Crippen molar-refractivity contribution >= 4 is 17.8 Å². The minimum Gasteiger partial charge on any atom is -0.497 e. The van der Waals surface area contributed by atoms with Gasteiger partial charge in [0.05, 0.1) is 20.2 Å². The predicted octanol–water partition coefficient (Wildman–Crippen LogP) is 3.92. The van der Waals surface area contributed by atoms with Crippen molar-refractivity contribution in [2.24, 2.45) is 5.92 Å². The number of amides is 4. The molecule has 2 aliphatic rings. The van der Waals surface area contributed by atoms with Gasteiger partial charge in [-0.3, -0.25) is 9.59 Å². The van der Waals surface area contributed by atoms with E-state index < -0.39 is 12.2 Å². The van der Waals surface area contributed by atoms with Gasteiger partial charge in [-0.1, -0.05) is 86.6 Å². The Labute approximate surface area is 247 Å². The summed E-state index contributed by atoms with van der Waals surface area (Å²) in [5, 5.41) is 6.26. The molecule has 0 bridgehead atoms. The van der Waals surface area contributed by atoms with Crippen LogP contribution in [0.4, 0.5) is 4.79 Å². The molecule has 4 amide bonds. The van der Waals surface area contributed by atoms with Gasteiger partial charge in [0.15, 0.2) is 0 Å². The van der Waals surface area contributed by atoms with Crippen molar-refractivity contribution in [2.45, 2.75) is 38.5 Å². The highest BCUT2D eigenvalue weighted by Crippen LogP contribution is 2.32. The van der Waals surface area contributed by atoms with Gasteiger partial charge in [0.25, 0.3) is 0 Å². The van der Waals surface area contributed by atoms with Crippen LogP contribution in [-0.2, 0) is 16.1 Å². The number of hydrogen-bond acceptors (Lipinski definition) is 5. The lowest BCUT2D eigenvalue weighted by Crippen LogP contribution is -2.76. The maximum atomic E-state index is 14.1. The van der Waals surface area contributed by atoms with Crippen molar-refractivity contribution in [3.05, 3.63) is 102 Å². The van der Waals surface area contributed by atoms with E-state index in [1.54, 1.807) is 29.1 Å². The van der Waals surface area contributed by atoms with Crippen LogP contribution in [-0.4, -0.2) is 83.7 Å². The van der Waals surface area contributed by atoms with Crippen LogP contribution in [0.5, 0.6) is 5.75 Å². The molecular weight excluding hydrogens is 530 g/mol. The Balaban J connectivity index is 1.44. The summed E-state index contributed by atoms with van der Waals surface area (Å²) in [5.41, 5.74) is 3.13. The highest BCUT2D eigenvalue weighted by Gasteiger charge is 2.51. The number of likely N-dealkylation sites (N-methyl/N-ethyl adjacent to an activating group) is 1. The molecule has 0 spiro atoms. The number of rotatable bonds is 8. The van der Waals surface area contributed by atoms with E-state index in [9.17, 15) is 14.4 Å². The molecule has 9 heteroatoms. The van der Waals surface area contributed by atoms with E-state index in [0.717, 1.165) is 22.4 Å². The lowest BCUT2D eigenvalue weighted by Gasteiger charge is -2.55. The summed E-state index contributed by atoms with van der Waals surface area (Å²) in [6, 6.07) is 26.8. The maximum Gasteiger partial charge on any atom is 0.334 e. The Hall–Kier alpha value is -4.37. The van der Waals surface area contributed by atoms with Gasteiger partial charge in [0.2, 0.25) is 11.8 Å². The first kappa shape index (κ1) is 29.1. The first-order valence-electron chi connectivity index (χ1n) is 14.4. The quantitative estimate of drug-likeness (QED) is 0.445. The van der Waals surface area contributed by atoms with E-state index in [0.29, 0.717) is 13.1 Å². The Bertz CT molecular complexity index is 1340. The molecular formula is C33H39N5O4. The molecule has 0 saturated carbocycles. The Morgan fingerprint density at radius 1 is 0.929 bits per heavy atom. The molecule has 2 unspecified atom stereocenters. The number of piperazine rings is 1. The van der Waals surface area contributed by atoms with Crippen molar-refractivity contribution in [3.63, 3.8) is 0 Å². The van der Waals surface area contributed by atoms with Gasteiger partial charge in [-0.2, -0.15) is 0 Å². The molecule has 1 N–H and O–H groups in total. The normalized spacial score (nSPS) is 19.3. The molecule has 5 rings (SSSR count). The summed E-state index contributed by atoms with van der Waals surface area (Å²) < 4.78 is 5.23. The van der Waals surface area contributed by atoms with Crippen molar-refractivity contribution in [3.8, 4) is 5.75 Å². The third kappa shape index (κ3) is 5.97. The number of carbonyl (C=O) groups excluding carboxylic acids is 3. The number of methoxy groups -OCH3 is 1. The third-order valence-corrected chi connectivity index (χ3v) is 8.12. The van der Waals surface area contributed by atoms with E-state index in [2.05, 4.69) is 29.6 Å². The number of hydrogen-bond donors (Lipinski definition) is 1. The molecule has 9 nitrogen and oxygen atoms in total. The zero-order chi connectivity index (χ0) is 29.8. The fourth-order valence-corrected chi connectivity index (χ4v) is 6.02. The van der Waals surface area contributed by atoms with Crippen LogP contribution in [0.2, 0.25) is 0 Å². The Kier molecular flexibility index (Phi) is 8.77. The second-order valence-corrected chi connectivity index (χ2v) is 11.3. The summed E-state index contributed by atoms with van der Waals surface area (Å²) in [4.78, 5) is 44.7. The topological polar surface area (TPSA) is 85.4 Å². The number of fused-ring (bicyclic) bond motifs is 1. The lowest BCUT2D eigenvalue weighted by atomic mass is 9.89. The van der Waals surface area contributed by atoms with Crippen molar-refractivity contribution in [1.82, 2.24) is 25.1 Å². The van der Waals surface area contributed by atoms with E-state index in [1.807, 2.05) is 79.4 Å². The zero-order valence-corrected chi connectivity index (χ0v) is 24.6. The molecule has 2 heterocycles. The van der Waals surface area contributed by atoms with Crippen LogP contribution in [0.1, 0.15) is 36.5 Å². The first-order valence-corrected chi connectivity index (χ1v) is 14.4. The van der Waals surface area contributed by atoms with E-state index in [4.69, 9.17) is 4.74 Å². The number of benzene rings is 3. The van der Waals surface area contributed by atoms with Crippen molar-refractivity contribution in [2.75, 3.05) is 33.8 Å². The third-order valence-electron chi connectivity index (χ3n) is 8.12. The standard InChI is InChI=1S/C33H39N5O4/c1-23(2)31-32(40)36(20-28(25-11-7-5-8-12-25)26-13-9-6-10-14-26)21-29-37(31)30(39)22-35(3)38(29)33(41)34-19-24-15-17-27(42-4)18-16-24/h5-18,23,28-29,31H,19-22H2,1-4H3,(H,34,41). The van der Waals surface area contributed by atoms with Gasteiger partial charge >= 0.3 is 6.03 Å². The predicted molar refractivity (Wildman–Crippen MR) is 160 cm³/mol. The number of hydrazine groups is 1. The van der Waals surface area contributed by atoms with Crippen LogP contribution in [0.15, 0.2) is 84.9 Å². The number of ether oxygens (including phenoxy) is 1. The van der Waals surface area contributed by atoms with Gasteiger partial charge in [-0.05, 0) is 34.7 Å². The molecule has 2 aliphatic heterocycles. The minimum absolute atomic E-state index is 0.0135. The number of carbonyl (C=O) groups is 3. The molecule has 220 valence electrons. The van der Waals surface area contributed by atoms with Crippen LogP contribution in [0, 0.1) is 5.92 Å². The summed E-state index contributed by atoms with van der Waals surface area (Å²) in [5.74, 6) is 0.299. The SMILES string of the molecule is COc1ccc(CNC(=O)N2C3CN(CC(c4ccccc4)c4ccccc4)C(=O)C(C(C)C)N3C(=O)CN2C)cc1. The second kappa shape index (κ2) is 12.7.